The minimum Gasteiger partial charge on any atom is -0.468 e. The fourth-order valence-electron chi connectivity index (χ4n) is 4.62. The molecule has 0 saturated carbocycles. The largest absolute Gasteiger partial charge is 0.468 e. The summed E-state index contributed by atoms with van der Waals surface area (Å²) in [5.41, 5.74) is 1.29. The van der Waals surface area contributed by atoms with Gasteiger partial charge < -0.3 is 14.2 Å². The first kappa shape index (κ1) is 19.1. The lowest BCUT2D eigenvalue weighted by atomic mass is 10.0. The summed E-state index contributed by atoms with van der Waals surface area (Å²) in [6, 6.07) is 17.9. The van der Waals surface area contributed by atoms with Crippen LogP contribution in [0.25, 0.3) is 21.7 Å². The summed E-state index contributed by atoms with van der Waals surface area (Å²) in [7, 11) is 0. The molecule has 154 valence electrons. The summed E-state index contributed by atoms with van der Waals surface area (Å²) in [4.78, 5) is 14.7. The second kappa shape index (κ2) is 8.46. The number of hydrogen-bond acceptors (Lipinski definition) is 5. The Hall–Kier alpha value is -2.89. The van der Waals surface area contributed by atoms with E-state index in [0.29, 0.717) is 12.1 Å². The monoisotopic (exact) mass is 402 g/mol. The molecule has 1 aliphatic rings. The predicted molar refractivity (Wildman–Crippen MR) is 119 cm³/mol. The summed E-state index contributed by atoms with van der Waals surface area (Å²) in [5.74, 6) is 0.993. The Kier molecular flexibility index (Phi) is 5.39. The highest BCUT2D eigenvalue weighted by molar-refractivity contribution is 6.07. The molecule has 1 N–H and O–H groups in total. The lowest BCUT2D eigenvalue weighted by Crippen LogP contribution is -2.38. The molecule has 0 aliphatic carbocycles. The molecule has 30 heavy (non-hydrogen) atoms. The Morgan fingerprint density at radius 1 is 1.00 bits per heavy atom. The van der Waals surface area contributed by atoms with Crippen LogP contribution >= 0.6 is 0 Å². The van der Waals surface area contributed by atoms with Crippen molar-refractivity contribution in [3.63, 3.8) is 0 Å². The normalized spacial score (nSPS) is 16.3. The fraction of sp³-hybridized carbons (Fsp3) is 0.320. The standard InChI is InChI=1S/C25H26N2O3/c28-24-15-19(25-20-8-3-2-7-18(20)10-11-23(25)30-24)16-26-17-21(22-9-6-14-29-22)27-12-4-1-5-13-27/h2-3,6-11,14-15,21,26H,1,4-5,12-13,16-17H2/t21-/m1/s1. The van der Waals surface area contributed by atoms with Gasteiger partial charge in [-0.2, -0.15) is 0 Å². The van der Waals surface area contributed by atoms with Gasteiger partial charge in [0.05, 0.1) is 12.3 Å². The Balaban J connectivity index is 1.42. The van der Waals surface area contributed by atoms with Crippen LogP contribution in [0.2, 0.25) is 0 Å². The van der Waals surface area contributed by atoms with Crippen LogP contribution < -0.4 is 10.9 Å². The second-order valence-electron chi connectivity index (χ2n) is 8.01. The number of furan rings is 1. The second-order valence-corrected chi connectivity index (χ2v) is 8.01. The van der Waals surface area contributed by atoms with E-state index in [1.54, 1.807) is 12.3 Å². The maximum absolute atomic E-state index is 12.2. The van der Waals surface area contributed by atoms with E-state index < -0.39 is 0 Å². The fourth-order valence-corrected chi connectivity index (χ4v) is 4.62. The van der Waals surface area contributed by atoms with Crippen molar-refractivity contribution in [2.45, 2.75) is 31.8 Å². The van der Waals surface area contributed by atoms with Crippen LogP contribution in [0.5, 0.6) is 0 Å². The van der Waals surface area contributed by atoms with Crippen LogP contribution in [0.15, 0.2) is 74.5 Å². The van der Waals surface area contributed by atoms with Crippen molar-refractivity contribution in [2.75, 3.05) is 19.6 Å². The van der Waals surface area contributed by atoms with Gasteiger partial charge in [0.25, 0.3) is 0 Å². The average molecular weight is 402 g/mol. The maximum atomic E-state index is 12.2. The topological polar surface area (TPSA) is 58.6 Å². The molecule has 4 aromatic rings. The van der Waals surface area contributed by atoms with E-state index in [0.717, 1.165) is 47.1 Å². The Morgan fingerprint density at radius 3 is 2.70 bits per heavy atom. The van der Waals surface area contributed by atoms with Crippen molar-refractivity contribution in [3.8, 4) is 0 Å². The molecule has 0 bridgehead atoms. The van der Waals surface area contributed by atoms with Gasteiger partial charge >= 0.3 is 5.63 Å². The molecule has 5 rings (SSSR count). The molecular weight excluding hydrogens is 376 g/mol. The van der Waals surface area contributed by atoms with Gasteiger partial charge in [0, 0.05) is 24.5 Å². The third-order valence-corrected chi connectivity index (χ3v) is 6.07. The van der Waals surface area contributed by atoms with E-state index >= 15 is 0 Å². The van der Waals surface area contributed by atoms with E-state index in [4.69, 9.17) is 8.83 Å². The van der Waals surface area contributed by atoms with Gasteiger partial charge in [0.15, 0.2) is 0 Å². The van der Waals surface area contributed by atoms with Crippen LogP contribution in [-0.4, -0.2) is 24.5 Å². The molecule has 1 saturated heterocycles. The van der Waals surface area contributed by atoms with Crippen LogP contribution in [0.1, 0.15) is 36.6 Å². The molecule has 1 atom stereocenters. The quantitative estimate of drug-likeness (QED) is 0.369. The zero-order valence-corrected chi connectivity index (χ0v) is 17.0. The van der Waals surface area contributed by atoms with Gasteiger partial charge in [0.1, 0.15) is 11.3 Å². The minimum absolute atomic E-state index is 0.198. The van der Waals surface area contributed by atoms with Gasteiger partial charge in [0.2, 0.25) is 0 Å². The molecule has 0 spiro atoms. The van der Waals surface area contributed by atoms with Crippen LogP contribution in [0, 0.1) is 0 Å². The lowest BCUT2D eigenvalue weighted by molar-refractivity contribution is 0.142. The zero-order valence-electron chi connectivity index (χ0n) is 17.0. The minimum atomic E-state index is -0.312. The number of nitrogens with one attached hydrogen (secondary N) is 1. The van der Waals surface area contributed by atoms with E-state index in [2.05, 4.69) is 28.4 Å². The van der Waals surface area contributed by atoms with E-state index in [1.165, 1.54) is 19.3 Å². The number of fused-ring (bicyclic) bond motifs is 3. The average Bonchev–Trinajstić information content (AvgIpc) is 3.31. The third-order valence-electron chi connectivity index (χ3n) is 6.07. The number of benzene rings is 2. The molecule has 3 heterocycles. The summed E-state index contributed by atoms with van der Waals surface area (Å²) >= 11 is 0. The molecule has 2 aromatic heterocycles. The Morgan fingerprint density at radius 2 is 1.87 bits per heavy atom. The number of piperidine rings is 1. The summed E-state index contributed by atoms with van der Waals surface area (Å²) in [6.07, 6.45) is 5.50. The molecule has 0 radical (unpaired) electrons. The van der Waals surface area contributed by atoms with Crippen molar-refractivity contribution in [1.29, 1.82) is 0 Å². The highest BCUT2D eigenvalue weighted by Gasteiger charge is 2.24. The van der Waals surface area contributed by atoms with Gasteiger partial charge in [-0.1, -0.05) is 36.8 Å². The van der Waals surface area contributed by atoms with E-state index in [9.17, 15) is 4.79 Å². The third kappa shape index (κ3) is 3.78. The van der Waals surface area contributed by atoms with Crippen molar-refractivity contribution in [2.24, 2.45) is 0 Å². The summed E-state index contributed by atoms with van der Waals surface area (Å²) < 4.78 is 11.2. The first-order valence-electron chi connectivity index (χ1n) is 10.7. The molecule has 0 amide bonds. The maximum Gasteiger partial charge on any atom is 0.336 e. The first-order chi connectivity index (χ1) is 14.8. The van der Waals surface area contributed by atoms with Crippen LogP contribution in [0.3, 0.4) is 0 Å². The number of rotatable bonds is 6. The van der Waals surface area contributed by atoms with Crippen molar-refractivity contribution < 1.29 is 8.83 Å². The highest BCUT2D eigenvalue weighted by Crippen LogP contribution is 2.28. The molecule has 1 aliphatic heterocycles. The van der Waals surface area contributed by atoms with Crippen molar-refractivity contribution >= 4 is 21.7 Å². The van der Waals surface area contributed by atoms with Gasteiger partial charge in [-0.25, -0.2) is 4.79 Å². The smallest absolute Gasteiger partial charge is 0.336 e. The number of hydrogen-bond donors (Lipinski definition) is 1. The molecule has 0 unspecified atom stereocenters. The van der Waals surface area contributed by atoms with Gasteiger partial charge in [-0.05, 0) is 60.5 Å². The summed E-state index contributed by atoms with van der Waals surface area (Å²) in [6.45, 7) is 3.55. The Bertz CT molecular complexity index is 1190. The van der Waals surface area contributed by atoms with E-state index in [-0.39, 0.29) is 11.7 Å². The first-order valence-corrected chi connectivity index (χ1v) is 10.7. The molecule has 5 heteroatoms. The summed E-state index contributed by atoms with van der Waals surface area (Å²) in [5, 5.41) is 6.84. The molecule has 1 fully saturated rings. The lowest BCUT2D eigenvalue weighted by Gasteiger charge is -2.33. The van der Waals surface area contributed by atoms with Crippen LogP contribution in [0.4, 0.5) is 0 Å². The zero-order chi connectivity index (χ0) is 20.3. The predicted octanol–water partition coefficient (Wildman–Crippen LogP) is 4.86. The Labute approximate surface area is 175 Å². The molecule has 2 aromatic carbocycles. The van der Waals surface area contributed by atoms with Crippen LogP contribution in [-0.2, 0) is 6.54 Å². The van der Waals surface area contributed by atoms with Crippen molar-refractivity contribution in [3.05, 3.63) is 82.6 Å². The van der Waals surface area contributed by atoms with Gasteiger partial charge in [-0.3, -0.25) is 4.90 Å². The molecular formula is C25H26N2O3. The van der Waals surface area contributed by atoms with E-state index in [1.807, 2.05) is 30.3 Å². The number of likely N-dealkylation sites (tertiary alicyclic amines) is 1. The highest BCUT2D eigenvalue weighted by atomic mass is 16.4. The number of nitrogens with zero attached hydrogens (tertiary/aromatic N) is 1. The molecule has 5 nitrogen and oxygen atoms in total. The van der Waals surface area contributed by atoms with Gasteiger partial charge in [-0.15, -0.1) is 0 Å². The SMILES string of the molecule is O=c1cc(CNC[C@H](c2ccco2)N2CCCCC2)c2c(ccc3ccccc32)o1. The van der Waals surface area contributed by atoms with Crippen molar-refractivity contribution in [1.82, 2.24) is 10.2 Å².